The van der Waals surface area contributed by atoms with Crippen molar-refractivity contribution in [3.63, 3.8) is 0 Å². The number of carboxylic acid groups (broad SMARTS) is 1. The Morgan fingerprint density at radius 3 is 2.62 bits per heavy atom. The monoisotopic (exact) mass is 319 g/mol. The maximum Gasteiger partial charge on any atom is 0.406 e. The van der Waals surface area contributed by atoms with Gasteiger partial charge in [-0.25, -0.2) is 4.79 Å². The van der Waals surface area contributed by atoms with E-state index in [1.165, 1.54) is 17.5 Å². The smallest absolute Gasteiger partial charge is 0.406 e. The molecule has 1 aromatic heterocycles. The van der Waals surface area contributed by atoms with E-state index >= 15 is 0 Å². The van der Waals surface area contributed by atoms with Gasteiger partial charge in [-0.05, 0) is 25.0 Å². The van der Waals surface area contributed by atoms with Gasteiger partial charge in [0.2, 0.25) is 0 Å². The summed E-state index contributed by atoms with van der Waals surface area (Å²) in [5, 5.41) is 9.95. The molecule has 4 nitrogen and oxygen atoms in total. The van der Waals surface area contributed by atoms with E-state index in [2.05, 4.69) is 0 Å². The van der Waals surface area contributed by atoms with Crippen LogP contribution in [0.1, 0.15) is 28.1 Å². The summed E-state index contributed by atoms with van der Waals surface area (Å²) in [7, 11) is 0. The lowest BCUT2D eigenvalue weighted by Gasteiger charge is -2.23. The number of carboxylic acids is 1. The van der Waals surface area contributed by atoms with Crippen LogP contribution in [0, 0.1) is 0 Å². The van der Waals surface area contributed by atoms with Crippen molar-refractivity contribution >= 4 is 29.3 Å². The molecule has 114 valence electrons. The van der Waals surface area contributed by atoms with Crippen molar-refractivity contribution in [2.24, 2.45) is 0 Å². The zero-order valence-electron chi connectivity index (χ0n) is 10.8. The SMILES string of the molecule is O=C(O)C=Cc1cc(C(=O)N(CC(F)(F)F)C2CC2)cs1. The van der Waals surface area contributed by atoms with Crippen LogP contribution in [0.3, 0.4) is 0 Å². The van der Waals surface area contributed by atoms with Gasteiger partial charge in [0.1, 0.15) is 6.54 Å². The second kappa shape index (κ2) is 5.88. The summed E-state index contributed by atoms with van der Waals surface area (Å²) in [5.74, 6) is -1.80. The Hall–Kier alpha value is -1.83. The van der Waals surface area contributed by atoms with Gasteiger partial charge in [0.05, 0.1) is 5.56 Å². The van der Waals surface area contributed by atoms with Gasteiger partial charge in [-0.2, -0.15) is 13.2 Å². The maximum atomic E-state index is 12.5. The normalized spacial score (nSPS) is 15.4. The molecule has 0 aromatic carbocycles. The number of hydrogen-bond acceptors (Lipinski definition) is 3. The number of aliphatic carboxylic acids is 1. The van der Waals surface area contributed by atoms with Crippen molar-refractivity contribution in [2.75, 3.05) is 6.54 Å². The molecule has 0 aliphatic heterocycles. The molecule has 21 heavy (non-hydrogen) atoms. The van der Waals surface area contributed by atoms with Crippen molar-refractivity contribution < 1.29 is 27.9 Å². The van der Waals surface area contributed by atoms with E-state index in [1.807, 2.05) is 0 Å². The quantitative estimate of drug-likeness (QED) is 0.849. The summed E-state index contributed by atoms with van der Waals surface area (Å²) >= 11 is 1.11. The molecule has 8 heteroatoms. The van der Waals surface area contributed by atoms with E-state index in [4.69, 9.17) is 5.11 Å². The highest BCUT2D eigenvalue weighted by atomic mass is 32.1. The Balaban J connectivity index is 2.12. The molecule has 0 bridgehead atoms. The highest BCUT2D eigenvalue weighted by molar-refractivity contribution is 7.11. The van der Waals surface area contributed by atoms with E-state index in [-0.39, 0.29) is 11.6 Å². The number of alkyl halides is 3. The lowest BCUT2D eigenvalue weighted by Crippen LogP contribution is -2.40. The van der Waals surface area contributed by atoms with Crippen LogP contribution in [-0.2, 0) is 4.79 Å². The van der Waals surface area contributed by atoms with Gasteiger partial charge < -0.3 is 10.0 Å². The number of carbonyl (C=O) groups is 2. The molecule has 1 N–H and O–H groups in total. The fourth-order valence-electron chi connectivity index (χ4n) is 1.82. The van der Waals surface area contributed by atoms with Crippen LogP contribution in [0.2, 0.25) is 0 Å². The second-order valence-electron chi connectivity index (χ2n) is 4.69. The third-order valence-electron chi connectivity index (χ3n) is 2.86. The molecule has 0 unspecified atom stereocenters. The van der Waals surface area contributed by atoms with Crippen LogP contribution >= 0.6 is 11.3 Å². The molecule has 1 aliphatic rings. The van der Waals surface area contributed by atoms with Crippen molar-refractivity contribution in [2.45, 2.75) is 25.1 Å². The van der Waals surface area contributed by atoms with E-state index in [0.717, 1.165) is 22.3 Å². The van der Waals surface area contributed by atoms with Crippen LogP contribution in [-0.4, -0.2) is 40.6 Å². The molecule has 2 rings (SSSR count). The van der Waals surface area contributed by atoms with Crippen LogP contribution in [0.25, 0.3) is 6.08 Å². The maximum absolute atomic E-state index is 12.5. The lowest BCUT2D eigenvalue weighted by atomic mass is 10.2. The first-order chi connectivity index (χ1) is 9.76. The number of carbonyl (C=O) groups excluding carboxylic acids is 1. The number of thiophene rings is 1. The molecule has 0 radical (unpaired) electrons. The predicted molar refractivity (Wildman–Crippen MR) is 71.1 cm³/mol. The highest BCUT2D eigenvalue weighted by Crippen LogP contribution is 2.32. The molecule has 0 spiro atoms. The Morgan fingerprint density at radius 2 is 2.10 bits per heavy atom. The number of amides is 1. The van der Waals surface area contributed by atoms with E-state index in [1.54, 1.807) is 0 Å². The molecule has 0 saturated heterocycles. The van der Waals surface area contributed by atoms with Crippen molar-refractivity contribution in [3.05, 3.63) is 28.0 Å². The first kappa shape index (κ1) is 15.6. The lowest BCUT2D eigenvalue weighted by molar-refractivity contribution is -0.141. The topological polar surface area (TPSA) is 57.6 Å². The fourth-order valence-corrected chi connectivity index (χ4v) is 2.59. The summed E-state index contributed by atoms with van der Waals surface area (Å²) in [5.41, 5.74) is 0.154. The van der Waals surface area contributed by atoms with Gasteiger partial charge in [0.15, 0.2) is 0 Å². The standard InChI is InChI=1S/C13H12F3NO3S/c14-13(15,16)7-17(9-1-2-9)12(20)8-5-10(21-6-8)3-4-11(18)19/h3-6,9H,1-2,7H2,(H,18,19). The minimum Gasteiger partial charge on any atom is -0.478 e. The van der Waals surface area contributed by atoms with Gasteiger partial charge in [0, 0.05) is 22.4 Å². The van der Waals surface area contributed by atoms with Gasteiger partial charge in [-0.3, -0.25) is 4.79 Å². The predicted octanol–water partition coefficient (Wildman–Crippen LogP) is 3.01. The third kappa shape index (κ3) is 4.59. The minimum atomic E-state index is -4.43. The van der Waals surface area contributed by atoms with Gasteiger partial charge >= 0.3 is 12.1 Å². The molecule has 1 amide bonds. The summed E-state index contributed by atoms with van der Waals surface area (Å²) in [6.45, 7) is -1.26. The molecule has 1 aromatic rings. The summed E-state index contributed by atoms with van der Waals surface area (Å²) in [6.07, 6.45) is -1.06. The van der Waals surface area contributed by atoms with Crippen molar-refractivity contribution in [1.29, 1.82) is 0 Å². The number of nitrogens with zero attached hydrogens (tertiary/aromatic N) is 1. The number of halogens is 3. The van der Waals surface area contributed by atoms with Crippen molar-refractivity contribution in [3.8, 4) is 0 Å². The molecule has 1 aliphatic carbocycles. The minimum absolute atomic E-state index is 0.154. The molecule has 1 heterocycles. The fraction of sp³-hybridized carbons (Fsp3) is 0.385. The van der Waals surface area contributed by atoms with Gasteiger partial charge in [-0.1, -0.05) is 0 Å². The van der Waals surface area contributed by atoms with Crippen LogP contribution in [0.5, 0.6) is 0 Å². The first-order valence-corrected chi connectivity index (χ1v) is 7.01. The summed E-state index contributed by atoms with van der Waals surface area (Å²) in [4.78, 5) is 23.9. The molecule has 1 saturated carbocycles. The Bertz CT molecular complexity index is 575. The van der Waals surface area contributed by atoms with E-state index in [9.17, 15) is 22.8 Å². The summed E-state index contributed by atoms with van der Waals surface area (Å²) < 4.78 is 37.6. The van der Waals surface area contributed by atoms with Crippen LogP contribution < -0.4 is 0 Å². The zero-order valence-corrected chi connectivity index (χ0v) is 11.6. The first-order valence-electron chi connectivity index (χ1n) is 6.13. The van der Waals surface area contributed by atoms with E-state index < -0.39 is 24.6 Å². The van der Waals surface area contributed by atoms with Crippen LogP contribution in [0.15, 0.2) is 17.5 Å². The Labute approximate surface area is 122 Å². The van der Waals surface area contributed by atoms with Crippen molar-refractivity contribution in [1.82, 2.24) is 4.90 Å². The molecule has 0 atom stereocenters. The number of rotatable bonds is 5. The average molecular weight is 319 g/mol. The Kier molecular flexibility index (Phi) is 4.36. The molecule has 1 fully saturated rings. The van der Waals surface area contributed by atoms with Gasteiger partial charge in [0.25, 0.3) is 5.91 Å². The molecular formula is C13H12F3NO3S. The largest absolute Gasteiger partial charge is 0.478 e. The number of hydrogen-bond donors (Lipinski definition) is 1. The second-order valence-corrected chi connectivity index (χ2v) is 5.63. The molecular weight excluding hydrogens is 307 g/mol. The zero-order chi connectivity index (χ0) is 15.6. The van der Waals surface area contributed by atoms with Gasteiger partial charge in [-0.15, -0.1) is 11.3 Å². The summed E-state index contributed by atoms with van der Waals surface area (Å²) in [6, 6.07) is 1.05. The highest BCUT2D eigenvalue weighted by Gasteiger charge is 2.41. The van der Waals surface area contributed by atoms with E-state index in [0.29, 0.717) is 17.7 Å². The Morgan fingerprint density at radius 1 is 1.43 bits per heavy atom. The third-order valence-corrected chi connectivity index (χ3v) is 3.75. The van der Waals surface area contributed by atoms with Crippen LogP contribution in [0.4, 0.5) is 13.2 Å². The average Bonchev–Trinajstić information content (AvgIpc) is 3.10.